The molecule has 6 heteroatoms. The van der Waals surface area contributed by atoms with Gasteiger partial charge in [-0.15, -0.1) is 0 Å². The Morgan fingerprint density at radius 1 is 1.45 bits per heavy atom. The Hall–Kier alpha value is -1.98. The molecule has 0 radical (unpaired) electrons. The summed E-state index contributed by atoms with van der Waals surface area (Å²) >= 11 is 0. The molecule has 1 aliphatic rings. The van der Waals surface area contributed by atoms with Crippen molar-refractivity contribution in [2.45, 2.75) is 38.1 Å². The number of carboxylic acids is 1. The van der Waals surface area contributed by atoms with Crippen LogP contribution in [0.5, 0.6) is 0 Å². The van der Waals surface area contributed by atoms with E-state index in [4.69, 9.17) is 0 Å². The van der Waals surface area contributed by atoms with Crippen LogP contribution in [0, 0.1) is 11.9 Å². The van der Waals surface area contributed by atoms with Gasteiger partial charge in [0.2, 0.25) is 5.95 Å². The first kappa shape index (κ1) is 14.4. The number of hydrogen-bond donors (Lipinski definition) is 2. The molecule has 5 nitrogen and oxygen atoms in total. The first-order chi connectivity index (χ1) is 9.43. The van der Waals surface area contributed by atoms with Gasteiger partial charge < -0.3 is 10.4 Å². The third-order valence-electron chi connectivity index (χ3n) is 3.88. The molecule has 0 spiro atoms. The number of amides is 1. The molecule has 0 atom stereocenters. The molecule has 0 unspecified atom stereocenters. The number of pyridine rings is 1. The van der Waals surface area contributed by atoms with Crippen LogP contribution in [-0.2, 0) is 4.79 Å². The number of aromatic nitrogens is 1. The van der Waals surface area contributed by atoms with Crippen molar-refractivity contribution in [2.75, 3.05) is 0 Å². The van der Waals surface area contributed by atoms with E-state index < -0.39 is 23.4 Å². The fourth-order valence-electron chi connectivity index (χ4n) is 2.48. The Morgan fingerprint density at radius 3 is 2.65 bits per heavy atom. The summed E-state index contributed by atoms with van der Waals surface area (Å²) in [5.41, 5.74) is -1.17. The van der Waals surface area contributed by atoms with Crippen LogP contribution in [0.2, 0.25) is 0 Å². The van der Waals surface area contributed by atoms with E-state index >= 15 is 0 Å². The average molecular weight is 280 g/mol. The molecule has 108 valence electrons. The van der Waals surface area contributed by atoms with Gasteiger partial charge in [0, 0.05) is 17.8 Å². The summed E-state index contributed by atoms with van der Waals surface area (Å²) < 4.78 is 13.0. The van der Waals surface area contributed by atoms with Gasteiger partial charge in [0.25, 0.3) is 5.91 Å². The van der Waals surface area contributed by atoms with Gasteiger partial charge in [-0.2, -0.15) is 4.39 Å². The molecular formula is C14H17FN2O3. The maximum Gasteiger partial charge on any atom is 0.329 e. The third-order valence-corrected chi connectivity index (χ3v) is 3.88. The number of carbonyl (C=O) groups is 2. The Kier molecular flexibility index (Phi) is 4.01. The molecule has 0 bridgehead atoms. The van der Waals surface area contributed by atoms with Gasteiger partial charge in [-0.05, 0) is 37.7 Å². The largest absolute Gasteiger partial charge is 0.480 e. The van der Waals surface area contributed by atoms with Crippen LogP contribution in [0.1, 0.15) is 43.0 Å². The minimum absolute atomic E-state index is 0.0803. The second-order valence-corrected chi connectivity index (χ2v) is 5.39. The minimum Gasteiger partial charge on any atom is -0.480 e. The van der Waals surface area contributed by atoms with E-state index in [1.807, 2.05) is 0 Å². The van der Waals surface area contributed by atoms with Crippen LogP contribution in [0.15, 0.2) is 18.3 Å². The SMILES string of the molecule is CC1CCC(NC(=O)c2ccnc(F)c2)(C(=O)O)CC1. The van der Waals surface area contributed by atoms with Crippen molar-refractivity contribution in [3.63, 3.8) is 0 Å². The molecule has 0 saturated heterocycles. The molecule has 1 aromatic heterocycles. The number of aliphatic carboxylic acids is 1. The fourth-order valence-corrected chi connectivity index (χ4v) is 2.48. The number of nitrogens with zero attached hydrogens (tertiary/aromatic N) is 1. The van der Waals surface area contributed by atoms with Crippen molar-refractivity contribution in [3.05, 3.63) is 29.8 Å². The van der Waals surface area contributed by atoms with Gasteiger partial charge >= 0.3 is 5.97 Å². The van der Waals surface area contributed by atoms with Crippen molar-refractivity contribution in [1.82, 2.24) is 10.3 Å². The number of carbonyl (C=O) groups excluding carboxylic acids is 1. The van der Waals surface area contributed by atoms with Crippen LogP contribution in [-0.4, -0.2) is 27.5 Å². The van der Waals surface area contributed by atoms with E-state index in [2.05, 4.69) is 17.2 Å². The standard InChI is InChI=1S/C14H17FN2O3/c1-9-2-5-14(6-3-9,13(19)20)17-12(18)10-4-7-16-11(15)8-10/h4,7-9H,2-3,5-6H2,1H3,(H,17,18)(H,19,20). The summed E-state index contributed by atoms with van der Waals surface area (Å²) in [5.74, 6) is -1.92. The fraction of sp³-hybridized carbons (Fsp3) is 0.500. The second-order valence-electron chi connectivity index (χ2n) is 5.39. The predicted octanol–water partition coefficient (Wildman–Crippen LogP) is 1.98. The summed E-state index contributed by atoms with van der Waals surface area (Å²) in [6.07, 6.45) is 3.46. The van der Waals surface area contributed by atoms with E-state index in [0.29, 0.717) is 18.8 Å². The zero-order valence-electron chi connectivity index (χ0n) is 11.2. The molecule has 1 saturated carbocycles. The van der Waals surface area contributed by atoms with Crippen molar-refractivity contribution in [1.29, 1.82) is 0 Å². The van der Waals surface area contributed by atoms with Crippen LogP contribution in [0.4, 0.5) is 4.39 Å². The molecule has 1 heterocycles. The van der Waals surface area contributed by atoms with Crippen molar-refractivity contribution < 1.29 is 19.1 Å². The van der Waals surface area contributed by atoms with E-state index in [1.54, 1.807) is 0 Å². The Labute approximate surface area is 116 Å². The number of hydrogen-bond acceptors (Lipinski definition) is 3. The lowest BCUT2D eigenvalue weighted by Crippen LogP contribution is -2.56. The first-order valence-corrected chi connectivity index (χ1v) is 6.60. The normalized spacial score (nSPS) is 26.0. The van der Waals surface area contributed by atoms with Gasteiger partial charge in [0.15, 0.2) is 0 Å². The van der Waals surface area contributed by atoms with Crippen LogP contribution in [0.3, 0.4) is 0 Å². The molecule has 1 fully saturated rings. The van der Waals surface area contributed by atoms with Crippen molar-refractivity contribution in [2.24, 2.45) is 5.92 Å². The Balaban J connectivity index is 2.17. The number of rotatable bonds is 3. The summed E-state index contributed by atoms with van der Waals surface area (Å²) in [4.78, 5) is 27.0. The second kappa shape index (κ2) is 5.56. The van der Waals surface area contributed by atoms with E-state index in [-0.39, 0.29) is 5.56 Å². The summed E-state index contributed by atoms with van der Waals surface area (Å²) in [6, 6.07) is 2.36. The molecule has 0 aromatic carbocycles. The van der Waals surface area contributed by atoms with Crippen LogP contribution < -0.4 is 5.32 Å². The van der Waals surface area contributed by atoms with Gasteiger partial charge in [-0.1, -0.05) is 6.92 Å². The predicted molar refractivity (Wildman–Crippen MR) is 69.7 cm³/mol. The van der Waals surface area contributed by atoms with Gasteiger partial charge in [-0.3, -0.25) is 4.79 Å². The minimum atomic E-state index is -1.25. The first-order valence-electron chi connectivity index (χ1n) is 6.60. The molecule has 2 N–H and O–H groups in total. The maximum absolute atomic E-state index is 13.0. The molecule has 1 aromatic rings. The van der Waals surface area contributed by atoms with E-state index in [1.165, 1.54) is 12.3 Å². The number of nitrogens with one attached hydrogen (secondary N) is 1. The summed E-state index contributed by atoms with van der Waals surface area (Å²) in [6.45, 7) is 2.06. The van der Waals surface area contributed by atoms with Crippen LogP contribution >= 0.6 is 0 Å². The maximum atomic E-state index is 13.0. The highest BCUT2D eigenvalue weighted by Gasteiger charge is 2.42. The Morgan fingerprint density at radius 2 is 2.10 bits per heavy atom. The lowest BCUT2D eigenvalue weighted by atomic mass is 9.77. The van der Waals surface area contributed by atoms with Gasteiger partial charge in [0.1, 0.15) is 5.54 Å². The van der Waals surface area contributed by atoms with Gasteiger partial charge in [0.05, 0.1) is 0 Å². The monoisotopic (exact) mass is 280 g/mol. The highest BCUT2D eigenvalue weighted by atomic mass is 19.1. The lowest BCUT2D eigenvalue weighted by Gasteiger charge is -2.36. The summed E-state index contributed by atoms with van der Waals surface area (Å²) in [5, 5.41) is 12.0. The molecule has 20 heavy (non-hydrogen) atoms. The zero-order valence-corrected chi connectivity index (χ0v) is 11.2. The van der Waals surface area contributed by atoms with Crippen molar-refractivity contribution >= 4 is 11.9 Å². The van der Waals surface area contributed by atoms with E-state index in [9.17, 15) is 19.1 Å². The lowest BCUT2D eigenvalue weighted by molar-refractivity contribution is -0.146. The molecular weight excluding hydrogens is 263 g/mol. The molecule has 0 aliphatic heterocycles. The quantitative estimate of drug-likeness (QED) is 0.830. The smallest absolute Gasteiger partial charge is 0.329 e. The average Bonchev–Trinajstić information content (AvgIpc) is 2.41. The third kappa shape index (κ3) is 2.95. The van der Waals surface area contributed by atoms with E-state index in [0.717, 1.165) is 18.9 Å². The Bertz CT molecular complexity index is 525. The zero-order chi connectivity index (χ0) is 14.8. The number of halogens is 1. The topological polar surface area (TPSA) is 79.3 Å². The highest BCUT2D eigenvalue weighted by molar-refractivity contribution is 5.97. The molecule has 1 aliphatic carbocycles. The molecule has 2 rings (SSSR count). The van der Waals surface area contributed by atoms with Crippen LogP contribution in [0.25, 0.3) is 0 Å². The number of carboxylic acid groups (broad SMARTS) is 1. The highest BCUT2D eigenvalue weighted by Crippen LogP contribution is 2.32. The molecule has 1 amide bonds. The van der Waals surface area contributed by atoms with Gasteiger partial charge in [-0.25, -0.2) is 9.78 Å². The summed E-state index contributed by atoms with van der Waals surface area (Å²) in [7, 11) is 0. The van der Waals surface area contributed by atoms with Crippen molar-refractivity contribution in [3.8, 4) is 0 Å².